The summed E-state index contributed by atoms with van der Waals surface area (Å²) in [6.07, 6.45) is 2.31. The lowest BCUT2D eigenvalue weighted by Gasteiger charge is -2.23. The molecule has 9 heteroatoms. The van der Waals surface area contributed by atoms with Gasteiger partial charge in [-0.1, -0.05) is 6.07 Å². The number of phenolic OH excluding ortho intramolecular Hbond substituents is 1. The Bertz CT molecular complexity index is 691. The van der Waals surface area contributed by atoms with Crippen molar-refractivity contribution >= 4 is 29.7 Å². The quantitative estimate of drug-likeness (QED) is 0.427. The fourth-order valence-electron chi connectivity index (χ4n) is 2.33. The molecule has 0 spiro atoms. The molecule has 4 N–H and O–H groups in total. The van der Waals surface area contributed by atoms with E-state index in [1.807, 2.05) is 6.26 Å². The van der Waals surface area contributed by atoms with Crippen LogP contribution in [0.3, 0.4) is 0 Å². The highest BCUT2D eigenvalue weighted by molar-refractivity contribution is 7.98. The van der Waals surface area contributed by atoms with Gasteiger partial charge in [-0.25, -0.2) is 4.79 Å². The zero-order valence-corrected chi connectivity index (χ0v) is 18.2. The van der Waals surface area contributed by atoms with E-state index in [2.05, 4.69) is 16.0 Å². The summed E-state index contributed by atoms with van der Waals surface area (Å²) in [5.41, 5.74) is -0.272. The molecule has 0 radical (unpaired) electrons. The number of carbonyl (C=O) groups is 3. The maximum absolute atomic E-state index is 12.4. The number of carbonyl (C=O) groups excluding carboxylic acids is 3. The third kappa shape index (κ3) is 10.6. The molecular formula is C20H31N3O5S. The molecule has 0 aliphatic heterocycles. The number of phenols is 1. The van der Waals surface area contributed by atoms with Crippen molar-refractivity contribution in [1.29, 1.82) is 0 Å². The van der Waals surface area contributed by atoms with Crippen LogP contribution in [0.25, 0.3) is 0 Å². The van der Waals surface area contributed by atoms with Crippen LogP contribution in [-0.4, -0.2) is 59.8 Å². The van der Waals surface area contributed by atoms with Gasteiger partial charge in [-0.2, -0.15) is 11.8 Å². The molecule has 162 valence electrons. The minimum absolute atomic E-state index is 0.0266. The molecule has 1 aromatic rings. The first-order valence-electron chi connectivity index (χ1n) is 9.46. The first kappa shape index (κ1) is 24.6. The summed E-state index contributed by atoms with van der Waals surface area (Å²) in [6.45, 7) is 5.99. The molecule has 0 aromatic heterocycles. The van der Waals surface area contributed by atoms with Crippen molar-refractivity contribution in [3.8, 4) is 5.75 Å². The molecule has 8 nitrogen and oxygen atoms in total. The molecular weight excluding hydrogens is 394 g/mol. The molecule has 29 heavy (non-hydrogen) atoms. The van der Waals surface area contributed by atoms with Gasteiger partial charge in [0.15, 0.2) is 0 Å². The smallest absolute Gasteiger partial charge is 0.408 e. The minimum Gasteiger partial charge on any atom is -0.508 e. The number of aromatic hydroxyl groups is 1. The van der Waals surface area contributed by atoms with E-state index in [9.17, 15) is 19.5 Å². The number of thioether (sulfide) groups is 1. The molecule has 0 saturated heterocycles. The van der Waals surface area contributed by atoms with Crippen LogP contribution in [0.5, 0.6) is 5.75 Å². The Morgan fingerprint density at radius 2 is 1.86 bits per heavy atom. The molecule has 0 aliphatic carbocycles. The molecule has 0 bridgehead atoms. The summed E-state index contributed by atoms with van der Waals surface area (Å²) in [5.74, 6) is 0.160. The predicted octanol–water partition coefficient (Wildman–Crippen LogP) is 2.27. The van der Waals surface area contributed by atoms with Crippen LogP contribution >= 0.6 is 11.8 Å². The number of alkyl carbamates (subject to hydrolysis) is 1. The van der Waals surface area contributed by atoms with Crippen LogP contribution in [0.1, 0.15) is 44.0 Å². The van der Waals surface area contributed by atoms with E-state index in [0.717, 1.165) is 0 Å². The number of amides is 3. The topological polar surface area (TPSA) is 117 Å². The maximum atomic E-state index is 12.4. The Morgan fingerprint density at radius 1 is 1.17 bits per heavy atom. The Kier molecular flexibility index (Phi) is 10.4. The standard InChI is InChI=1S/C20H31N3O5S/c1-20(2,3)28-19(27)23-16(9-12-29-4)18(26)22-11-6-10-21-17(25)14-7-5-8-15(24)13-14/h5,7-8,13,16,24H,6,9-12H2,1-4H3,(H,21,25)(H,22,26)(H,23,27)/t16-/m0/s1. The highest BCUT2D eigenvalue weighted by atomic mass is 32.2. The summed E-state index contributed by atoms with van der Waals surface area (Å²) in [6, 6.07) is 5.40. The van der Waals surface area contributed by atoms with Gasteiger partial charge in [0.25, 0.3) is 5.91 Å². The molecule has 0 heterocycles. The van der Waals surface area contributed by atoms with E-state index in [0.29, 0.717) is 37.2 Å². The third-order valence-electron chi connectivity index (χ3n) is 3.66. The SMILES string of the molecule is CSCC[C@H](NC(=O)OC(C)(C)C)C(=O)NCCCNC(=O)c1cccc(O)c1. The van der Waals surface area contributed by atoms with Crippen molar-refractivity contribution in [1.82, 2.24) is 16.0 Å². The Balaban J connectivity index is 2.39. The molecule has 0 saturated carbocycles. The lowest BCUT2D eigenvalue weighted by atomic mass is 10.2. The molecule has 0 unspecified atom stereocenters. The molecule has 0 fully saturated rings. The van der Waals surface area contributed by atoms with Gasteiger partial charge < -0.3 is 25.8 Å². The van der Waals surface area contributed by atoms with E-state index >= 15 is 0 Å². The molecule has 1 rings (SSSR count). The first-order valence-corrected chi connectivity index (χ1v) is 10.8. The van der Waals surface area contributed by atoms with Crippen molar-refractivity contribution in [2.45, 2.75) is 45.3 Å². The fourth-order valence-corrected chi connectivity index (χ4v) is 2.80. The van der Waals surface area contributed by atoms with Crippen LogP contribution in [0.2, 0.25) is 0 Å². The summed E-state index contributed by atoms with van der Waals surface area (Å²) < 4.78 is 5.22. The first-order chi connectivity index (χ1) is 13.6. The summed E-state index contributed by atoms with van der Waals surface area (Å²) in [5, 5.41) is 17.5. The normalized spacial score (nSPS) is 12.0. The second kappa shape index (κ2) is 12.2. The molecule has 1 atom stereocenters. The largest absolute Gasteiger partial charge is 0.508 e. The third-order valence-corrected chi connectivity index (χ3v) is 4.31. The number of rotatable bonds is 10. The van der Waals surface area contributed by atoms with Crippen LogP contribution in [0.4, 0.5) is 4.79 Å². The van der Waals surface area contributed by atoms with Crippen molar-refractivity contribution in [2.24, 2.45) is 0 Å². The van der Waals surface area contributed by atoms with Crippen molar-refractivity contribution in [2.75, 3.05) is 25.1 Å². The number of hydrogen-bond donors (Lipinski definition) is 4. The zero-order chi connectivity index (χ0) is 21.9. The van der Waals surface area contributed by atoms with Gasteiger partial charge in [0.05, 0.1) is 0 Å². The Morgan fingerprint density at radius 3 is 2.48 bits per heavy atom. The van der Waals surface area contributed by atoms with Crippen molar-refractivity contribution in [3.05, 3.63) is 29.8 Å². The van der Waals surface area contributed by atoms with E-state index < -0.39 is 17.7 Å². The number of ether oxygens (including phenoxy) is 1. The zero-order valence-electron chi connectivity index (χ0n) is 17.4. The van der Waals surface area contributed by atoms with Gasteiger partial charge >= 0.3 is 6.09 Å². The average Bonchev–Trinajstić information content (AvgIpc) is 2.63. The van der Waals surface area contributed by atoms with Gasteiger partial charge in [0, 0.05) is 18.7 Å². The van der Waals surface area contributed by atoms with Gasteiger partial charge in [-0.05, 0) is 63.8 Å². The van der Waals surface area contributed by atoms with Crippen LogP contribution in [0, 0.1) is 0 Å². The van der Waals surface area contributed by atoms with E-state index in [1.54, 1.807) is 44.7 Å². The lowest BCUT2D eigenvalue weighted by Crippen LogP contribution is -2.48. The molecule has 0 aliphatic rings. The second-order valence-corrected chi connectivity index (χ2v) is 8.42. The van der Waals surface area contributed by atoms with E-state index in [4.69, 9.17) is 4.74 Å². The number of hydrogen-bond acceptors (Lipinski definition) is 6. The summed E-state index contributed by atoms with van der Waals surface area (Å²) >= 11 is 1.58. The van der Waals surface area contributed by atoms with E-state index in [-0.39, 0.29) is 17.6 Å². The average molecular weight is 426 g/mol. The number of nitrogens with one attached hydrogen (secondary N) is 3. The second-order valence-electron chi connectivity index (χ2n) is 7.43. The van der Waals surface area contributed by atoms with Crippen LogP contribution in [-0.2, 0) is 9.53 Å². The minimum atomic E-state index is -0.681. The van der Waals surface area contributed by atoms with E-state index in [1.165, 1.54) is 12.1 Å². The van der Waals surface area contributed by atoms with Gasteiger partial charge in [-0.3, -0.25) is 9.59 Å². The highest BCUT2D eigenvalue weighted by Crippen LogP contribution is 2.10. The Labute approximate surface area is 176 Å². The monoisotopic (exact) mass is 425 g/mol. The highest BCUT2D eigenvalue weighted by Gasteiger charge is 2.23. The summed E-state index contributed by atoms with van der Waals surface area (Å²) in [4.78, 5) is 36.3. The van der Waals surface area contributed by atoms with Crippen LogP contribution < -0.4 is 16.0 Å². The fraction of sp³-hybridized carbons (Fsp3) is 0.550. The van der Waals surface area contributed by atoms with Crippen molar-refractivity contribution in [3.63, 3.8) is 0 Å². The predicted molar refractivity (Wildman–Crippen MR) is 114 cm³/mol. The van der Waals surface area contributed by atoms with Gasteiger partial charge in [0.1, 0.15) is 17.4 Å². The van der Waals surface area contributed by atoms with Crippen LogP contribution in [0.15, 0.2) is 24.3 Å². The van der Waals surface area contributed by atoms with Crippen molar-refractivity contribution < 1.29 is 24.2 Å². The van der Waals surface area contributed by atoms with Gasteiger partial charge in [-0.15, -0.1) is 0 Å². The lowest BCUT2D eigenvalue weighted by molar-refractivity contribution is -0.123. The molecule has 3 amide bonds. The molecule has 1 aromatic carbocycles. The Hall–Kier alpha value is -2.42. The van der Waals surface area contributed by atoms with Gasteiger partial charge in [0.2, 0.25) is 5.91 Å². The maximum Gasteiger partial charge on any atom is 0.408 e. The summed E-state index contributed by atoms with van der Waals surface area (Å²) in [7, 11) is 0. The number of benzene rings is 1.